The molecule has 0 radical (unpaired) electrons. The molecular formula is C33H40N3O8S+. The number of anilines is 1. The SMILES string of the molecule is CCC1=CC(C)(C)[N+](CCCOC=O)=c2cc3c(cc21)=Nc1cc2c(cc1O3)N(CCCC(=O)O)C(C)(C)C=C2CS(=O)(=O)O. The van der Waals surface area contributed by atoms with E-state index in [9.17, 15) is 27.7 Å². The van der Waals surface area contributed by atoms with E-state index in [1.165, 1.54) is 5.57 Å². The molecule has 12 heteroatoms. The van der Waals surface area contributed by atoms with E-state index in [0.29, 0.717) is 78.4 Å². The van der Waals surface area contributed by atoms with Gasteiger partial charge in [0.05, 0.1) is 23.8 Å². The molecule has 2 N–H and O–H groups in total. The molecular weight excluding hydrogens is 598 g/mol. The molecule has 3 aliphatic heterocycles. The van der Waals surface area contributed by atoms with Crippen LogP contribution in [0.1, 0.15) is 71.4 Å². The summed E-state index contributed by atoms with van der Waals surface area (Å²) in [5.41, 5.74) is 3.48. The number of rotatable bonds is 12. The number of ether oxygens (including phenoxy) is 2. The minimum Gasteiger partial charge on any atom is -0.481 e. The van der Waals surface area contributed by atoms with E-state index in [-0.39, 0.29) is 12.0 Å². The summed E-state index contributed by atoms with van der Waals surface area (Å²) < 4.78 is 47.6. The number of allylic oxidation sites excluding steroid dienone is 1. The number of carbonyl (C=O) groups is 2. The van der Waals surface area contributed by atoms with E-state index >= 15 is 0 Å². The summed E-state index contributed by atoms with van der Waals surface area (Å²) in [7, 11) is -4.34. The smallest absolute Gasteiger partial charge is 0.303 e. The fourth-order valence-corrected chi connectivity index (χ4v) is 7.25. The summed E-state index contributed by atoms with van der Waals surface area (Å²) in [5.74, 6) is -0.399. The number of carbonyl (C=O) groups excluding carboxylic acids is 1. The molecule has 2 aromatic carbocycles. The maximum absolute atomic E-state index is 12.0. The van der Waals surface area contributed by atoms with Gasteiger partial charge in [-0.2, -0.15) is 8.42 Å². The fourth-order valence-electron chi connectivity index (χ4n) is 6.62. The summed E-state index contributed by atoms with van der Waals surface area (Å²) in [6, 6.07) is 7.62. The van der Waals surface area contributed by atoms with Crippen LogP contribution < -0.4 is 24.9 Å². The fraction of sp³-hybridized carbons (Fsp3) is 0.455. The third-order valence-electron chi connectivity index (χ3n) is 8.54. The van der Waals surface area contributed by atoms with Crippen LogP contribution in [-0.2, 0) is 24.4 Å². The Morgan fingerprint density at radius 1 is 1.07 bits per heavy atom. The zero-order valence-electron chi connectivity index (χ0n) is 26.3. The lowest BCUT2D eigenvalue weighted by Crippen LogP contribution is -2.50. The summed E-state index contributed by atoms with van der Waals surface area (Å²) >= 11 is 0. The minimum absolute atomic E-state index is 0.0128. The number of carboxylic acid groups (broad SMARTS) is 1. The number of benzene rings is 2. The van der Waals surface area contributed by atoms with Crippen LogP contribution >= 0.6 is 0 Å². The highest BCUT2D eigenvalue weighted by molar-refractivity contribution is 7.86. The maximum atomic E-state index is 12.0. The molecule has 0 aromatic heterocycles. The highest BCUT2D eigenvalue weighted by Gasteiger charge is 2.37. The average Bonchev–Trinajstić information content (AvgIpc) is 2.93. The van der Waals surface area contributed by atoms with Gasteiger partial charge in [0, 0.05) is 50.6 Å². The molecule has 2 aromatic rings. The van der Waals surface area contributed by atoms with Crippen LogP contribution in [0.25, 0.3) is 11.1 Å². The number of nitrogens with zero attached hydrogens (tertiary/aromatic N) is 3. The Hall–Kier alpha value is -4.03. The molecule has 11 nitrogen and oxygen atoms in total. The van der Waals surface area contributed by atoms with Crippen molar-refractivity contribution in [3.8, 4) is 11.5 Å². The molecule has 240 valence electrons. The van der Waals surface area contributed by atoms with E-state index in [1.807, 2.05) is 36.9 Å². The summed E-state index contributed by atoms with van der Waals surface area (Å²) in [4.78, 5) is 29.0. The molecule has 0 bridgehead atoms. The summed E-state index contributed by atoms with van der Waals surface area (Å²) in [6.45, 7) is 12.1. The van der Waals surface area contributed by atoms with Crippen LogP contribution in [-0.4, -0.2) is 67.0 Å². The first-order chi connectivity index (χ1) is 21.1. The van der Waals surface area contributed by atoms with Crippen LogP contribution in [0.3, 0.4) is 0 Å². The second-order valence-corrected chi connectivity index (χ2v) is 14.2. The van der Waals surface area contributed by atoms with Gasteiger partial charge in [-0.1, -0.05) is 13.0 Å². The van der Waals surface area contributed by atoms with E-state index in [4.69, 9.17) is 14.5 Å². The third kappa shape index (κ3) is 6.67. The largest absolute Gasteiger partial charge is 0.481 e. The first-order valence-corrected chi connectivity index (χ1v) is 16.7. The molecule has 5 rings (SSSR count). The predicted molar refractivity (Wildman–Crippen MR) is 171 cm³/mol. The average molecular weight is 639 g/mol. The second kappa shape index (κ2) is 12.1. The van der Waals surface area contributed by atoms with E-state index < -0.39 is 27.4 Å². The highest BCUT2D eigenvalue weighted by atomic mass is 32.2. The molecule has 0 fully saturated rings. The second-order valence-electron chi connectivity index (χ2n) is 12.7. The number of carboxylic acids is 1. The Kier molecular flexibility index (Phi) is 8.67. The number of aliphatic carboxylic acids is 1. The van der Waals surface area contributed by atoms with Gasteiger partial charge >= 0.3 is 5.97 Å². The third-order valence-corrected chi connectivity index (χ3v) is 9.21. The molecule has 3 aliphatic rings. The minimum atomic E-state index is -4.34. The summed E-state index contributed by atoms with van der Waals surface area (Å²) in [5, 5.41) is 10.9. The number of fused-ring (bicyclic) bond motifs is 4. The Morgan fingerprint density at radius 2 is 1.82 bits per heavy atom. The Morgan fingerprint density at radius 3 is 2.49 bits per heavy atom. The Labute approximate surface area is 262 Å². The van der Waals surface area contributed by atoms with Gasteiger partial charge in [0.25, 0.3) is 16.6 Å². The maximum Gasteiger partial charge on any atom is 0.303 e. The van der Waals surface area contributed by atoms with E-state index in [2.05, 4.69) is 31.4 Å². The quantitative estimate of drug-likeness (QED) is 0.130. The molecule has 0 saturated carbocycles. The molecule has 0 spiro atoms. The molecule has 0 amide bonds. The Bertz CT molecular complexity index is 1860. The Balaban J connectivity index is 1.66. The topological polar surface area (TPSA) is 146 Å². The molecule has 0 atom stereocenters. The first-order valence-electron chi connectivity index (χ1n) is 15.1. The van der Waals surface area contributed by atoms with Crippen molar-refractivity contribution in [2.24, 2.45) is 4.99 Å². The van der Waals surface area contributed by atoms with E-state index in [0.717, 1.165) is 17.3 Å². The lowest BCUT2D eigenvalue weighted by atomic mass is 9.87. The molecule has 0 unspecified atom stereocenters. The first kappa shape index (κ1) is 32.4. The van der Waals surface area contributed by atoms with Crippen molar-refractivity contribution in [3.05, 3.63) is 58.3 Å². The van der Waals surface area contributed by atoms with Crippen LogP contribution in [0.4, 0.5) is 11.4 Å². The monoisotopic (exact) mass is 638 g/mol. The zero-order valence-corrected chi connectivity index (χ0v) is 27.1. The van der Waals surface area contributed by atoms with Gasteiger partial charge in [0.2, 0.25) is 5.36 Å². The zero-order chi connectivity index (χ0) is 32.7. The highest BCUT2D eigenvalue weighted by Crippen LogP contribution is 2.47. The van der Waals surface area contributed by atoms with Gasteiger partial charge < -0.3 is 19.5 Å². The molecule has 0 saturated heterocycles. The summed E-state index contributed by atoms with van der Waals surface area (Å²) in [6.07, 6.45) is 5.90. The molecule has 3 heterocycles. The van der Waals surface area contributed by atoms with Crippen molar-refractivity contribution in [1.29, 1.82) is 0 Å². The molecule has 45 heavy (non-hydrogen) atoms. The lowest BCUT2D eigenvalue weighted by Gasteiger charge is -2.44. The van der Waals surface area contributed by atoms with Crippen molar-refractivity contribution in [2.75, 3.05) is 30.3 Å². The standard InChI is InChI=1S/C33H39N3O8S/c1-6-21-17-32(2,3)36(11-8-12-43-20-37)27-15-29-25(13-23(21)27)34-26-14-24-22(19-45(40,41)42)18-33(4,5)35(10-7-9-31(38)39)28(24)16-30(26)44-29/h13-18,20H,6-12,19H2,1-5H3,(H-,38,39,40,41,42)/p+1. The van der Waals surface area contributed by atoms with Crippen molar-refractivity contribution in [3.63, 3.8) is 0 Å². The number of hydrogen-bond acceptors (Lipinski definition) is 8. The van der Waals surface area contributed by atoms with Crippen LogP contribution in [0, 0.1) is 0 Å². The van der Waals surface area contributed by atoms with Gasteiger partial charge in [-0.25, -0.2) is 9.57 Å². The predicted octanol–water partition coefficient (Wildman–Crippen LogP) is 4.12. The van der Waals surface area contributed by atoms with Crippen molar-refractivity contribution in [2.45, 2.75) is 71.4 Å². The number of hydrogen-bond donors (Lipinski definition) is 2. The van der Waals surface area contributed by atoms with Crippen LogP contribution in [0.2, 0.25) is 0 Å². The lowest BCUT2D eigenvalue weighted by molar-refractivity contribution is -0.137. The van der Waals surface area contributed by atoms with Crippen molar-refractivity contribution in [1.82, 2.24) is 4.58 Å². The van der Waals surface area contributed by atoms with Crippen molar-refractivity contribution < 1.29 is 37.1 Å². The van der Waals surface area contributed by atoms with Gasteiger partial charge in [0.1, 0.15) is 23.3 Å². The van der Waals surface area contributed by atoms with Crippen molar-refractivity contribution >= 4 is 45.1 Å². The van der Waals surface area contributed by atoms with Gasteiger partial charge in [0.15, 0.2) is 17.0 Å². The van der Waals surface area contributed by atoms with Gasteiger partial charge in [-0.05, 0) is 56.0 Å². The normalized spacial score (nSPS) is 17.4. The van der Waals surface area contributed by atoms with Gasteiger partial charge in [-0.15, -0.1) is 0 Å². The van der Waals surface area contributed by atoms with Crippen LogP contribution in [0.5, 0.6) is 11.5 Å². The van der Waals surface area contributed by atoms with E-state index in [1.54, 1.807) is 12.1 Å². The van der Waals surface area contributed by atoms with Gasteiger partial charge in [-0.3, -0.25) is 14.1 Å². The molecule has 0 aliphatic carbocycles. The van der Waals surface area contributed by atoms with Crippen LogP contribution in [0.15, 0.2) is 41.4 Å².